The minimum absolute atomic E-state index is 0.0491. The van der Waals surface area contributed by atoms with Crippen LogP contribution in [0.2, 0.25) is 0 Å². The first kappa shape index (κ1) is 23.9. The van der Waals surface area contributed by atoms with Crippen molar-refractivity contribution in [3.05, 3.63) is 24.3 Å². The van der Waals surface area contributed by atoms with Crippen LogP contribution in [0, 0.1) is 0 Å². The van der Waals surface area contributed by atoms with E-state index in [0.29, 0.717) is 0 Å². The van der Waals surface area contributed by atoms with Crippen molar-refractivity contribution < 1.29 is 9.53 Å². The van der Waals surface area contributed by atoms with Crippen molar-refractivity contribution >= 4 is 5.97 Å². The second-order valence-corrected chi connectivity index (χ2v) is 7.30. The minimum Gasteiger partial charge on any atom is -0.460 e. The summed E-state index contributed by atoms with van der Waals surface area (Å²) >= 11 is 0. The normalized spacial score (nSPS) is 11.8. The molecular formula is C23H42O2. The number of unbranched alkanes of at least 4 members (excludes halogenated alkanes) is 13. The average molecular weight is 351 g/mol. The van der Waals surface area contributed by atoms with Crippen molar-refractivity contribution in [2.75, 3.05) is 0 Å². The highest BCUT2D eigenvalue weighted by Crippen LogP contribution is 2.13. The summed E-state index contributed by atoms with van der Waals surface area (Å²) in [7, 11) is 0. The summed E-state index contributed by atoms with van der Waals surface area (Å²) in [5.74, 6) is -0.263. The molecule has 0 aliphatic heterocycles. The van der Waals surface area contributed by atoms with Crippen LogP contribution in [0.1, 0.15) is 111 Å². The molecule has 0 aliphatic carbocycles. The Balaban J connectivity index is 3.24. The van der Waals surface area contributed by atoms with Crippen LogP contribution in [-0.4, -0.2) is 12.1 Å². The largest absolute Gasteiger partial charge is 0.460 e. The molecule has 0 rings (SSSR count). The fraction of sp³-hybridized carbons (Fsp3) is 0.783. The molecule has 0 saturated carbocycles. The van der Waals surface area contributed by atoms with Gasteiger partial charge < -0.3 is 4.74 Å². The molecule has 0 unspecified atom stereocenters. The number of allylic oxidation sites excluding steroid dienone is 3. The zero-order chi connectivity index (χ0) is 18.6. The van der Waals surface area contributed by atoms with Gasteiger partial charge in [-0.15, -0.1) is 0 Å². The molecule has 0 spiro atoms. The molecule has 0 amide bonds. The van der Waals surface area contributed by atoms with Crippen molar-refractivity contribution in [1.82, 2.24) is 0 Å². The minimum atomic E-state index is -0.263. The van der Waals surface area contributed by atoms with Gasteiger partial charge in [0.25, 0.3) is 0 Å². The molecule has 25 heavy (non-hydrogen) atoms. The molecule has 146 valence electrons. The van der Waals surface area contributed by atoms with E-state index in [0.717, 1.165) is 6.42 Å². The lowest BCUT2D eigenvalue weighted by Gasteiger charge is -2.03. The van der Waals surface area contributed by atoms with Crippen LogP contribution >= 0.6 is 0 Å². The predicted molar refractivity (Wildman–Crippen MR) is 110 cm³/mol. The Morgan fingerprint density at radius 2 is 1.24 bits per heavy atom. The van der Waals surface area contributed by atoms with Crippen LogP contribution in [0.25, 0.3) is 0 Å². The molecule has 0 radical (unpaired) electrons. The van der Waals surface area contributed by atoms with E-state index in [2.05, 4.69) is 13.0 Å². The molecule has 0 aromatic carbocycles. The Bertz CT molecular complexity index is 342. The number of hydrogen-bond donors (Lipinski definition) is 0. The molecule has 0 saturated heterocycles. The fourth-order valence-electron chi connectivity index (χ4n) is 2.86. The van der Waals surface area contributed by atoms with E-state index in [-0.39, 0.29) is 12.1 Å². The summed E-state index contributed by atoms with van der Waals surface area (Å²) in [4.78, 5) is 11.3. The van der Waals surface area contributed by atoms with Gasteiger partial charge in [-0.25, -0.2) is 4.79 Å². The SMILES string of the molecule is CCCCCCCCCCCCCCCC=CC=CC(=O)OC(C)C. The van der Waals surface area contributed by atoms with E-state index in [9.17, 15) is 4.79 Å². The first-order valence-corrected chi connectivity index (χ1v) is 10.7. The van der Waals surface area contributed by atoms with E-state index < -0.39 is 0 Å². The molecule has 0 bridgehead atoms. The monoisotopic (exact) mass is 350 g/mol. The van der Waals surface area contributed by atoms with Crippen molar-refractivity contribution in [3.63, 3.8) is 0 Å². The maximum Gasteiger partial charge on any atom is 0.330 e. The second-order valence-electron chi connectivity index (χ2n) is 7.30. The highest BCUT2D eigenvalue weighted by atomic mass is 16.5. The topological polar surface area (TPSA) is 26.3 Å². The van der Waals surface area contributed by atoms with Gasteiger partial charge in [-0.1, -0.05) is 102 Å². The Hall–Kier alpha value is -1.05. The fourth-order valence-corrected chi connectivity index (χ4v) is 2.86. The number of carbonyl (C=O) groups excluding carboxylic acids is 1. The molecule has 0 N–H and O–H groups in total. The summed E-state index contributed by atoms with van der Waals surface area (Å²) in [6.45, 7) is 5.99. The third-order valence-corrected chi connectivity index (χ3v) is 4.31. The van der Waals surface area contributed by atoms with E-state index >= 15 is 0 Å². The van der Waals surface area contributed by atoms with Gasteiger partial charge >= 0.3 is 5.97 Å². The second kappa shape index (κ2) is 19.3. The van der Waals surface area contributed by atoms with Crippen LogP contribution in [0.15, 0.2) is 24.3 Å². The zero-order valence-electron chi connectivity index (χ0n) is 17.1. The predicted octanol–water partition coefficient (Wildman–Crippen LogP) is 7.53. The molecule has 0 atom stereocenters. The molecule has 0 fully saturated rings. The van der Waals surface area contributed by atoms with Crippen LogP contribution in [0.3, 0.4) is 0 Å². The summed E-state index contributed by atoms with van der Waals surface area (Å²) in [5, 5.41) is 0. The van der Waals surface area contributed by atoms with Gasteiger partial charge in [-0.2, -0.15) is 0 Å². The Labute approximate surface area is 157 Å². The van der Waals surface area contributed by atoms with Crippen LogP contribution < -0.4 is 0 Å². The molecular weight excluding hydrogens is 308 g/mol. The molecule has 0 aromatic rings. The summed E-state index contributed by atoms with van der Waals surface area (Å²) in [5.41, 5.74) is 0. The maximum atomic E-state index is 11.3. The van der Waals surface area contributed by atoms with Crippen molar-refractivity contribution in [2.24, 2.45) is 0 Å². The quantitative estimate of drug-likeness (QED) is 0.117. The molecule has 2 heteroatoms. The van der Waals surface area contributed by atoms with E-state index in [1.807, 2.05) is 19.9 Å². The van der Waals surface area contributed by atoms with Crippen LogP contribution in [0.4, 0.5) is 0 Å². The summed E-state index contributed by atoms with van der Waals surface area (Å²) in [6.07, 6.45) is 26.5. The molecule has 0 aromatic heterocycles. The lowest BCUT2D eigenvalue weighted by Crippen LogP contribution is -2.08. The average Bonchev–Trinajstić information content (AvgIpc) is 2.57. The molecule has 0 aliphatic rings. The first-order valence-electron chi connectivity index (χ1n) is 10.7. The van der Waals surface area contributed by atoms with Gasteiger partial charge in [0.2, 0.25) is 0 Å². The zero-order valence-corrected chi connectivity index (χ0v) is 17.1. The first-order chi connectivity index (χ1) is 12.2. The maximum absolute atomic E-state index is 11.3. The van der Waals surface area contributed by atoms with Gasteiger partial charge in [-0.3, -0.25) is 0 Å². The van der Waals surface area contributed by atoms with Crippen LogP contribution in [0.5, 0.6) is 0 Å². The lowest BCUT2D eigenvalue weighted by molar-refractivity contribution is -0.141. The highest BCUT2D eigenvalue weighted by Gasteiger charge is 1.98. The Morgan fingerprint density at radius 3 is 1.72 bits per heavy atom. The third kappa shape index (κ3) is 20.9. The van der Waals surface area contributed by atoms with Gasteiger partial charge in [-0.05, 0) is 26.7 Å². The molecule has 0 heterocycles. The van der Waals surface area contributed by atoms with Crippen LogP contribution in [-0.2, 0) is 9.53 Å². The number of ether oxygens (including phenoxy) is 1. The van der Waals surface area contributed by atoms with E-state index in [1.165, 1.54) is 89.5 Å². The Morgan fingerprint density at radius 1 is 0.760 bits per heavy atom. The lowest BCUT2D eigenvalue weighted by atomic mass is 10.0. The van der Waals surface area contributed by atoms with Gasteiger partial charge in [0.15, 0.2) is 0 Å². The standard InChI is InChI=1S/C23H42O2/c1-4-5-6-7-8-9-10-11-12-13-14-15-16-17-18-19-20-21-23(24)25-22(2)3/h18-22H,4-17H2,1-3H3. The summed E-state index contributed by atoms with van der Waals surface area (Å²) in [6, 6.07) is 0. The van der Waals surface area contributed by atoms with Gasteiger partial charge in [0.1, 0.15) is 0 Å². The van der Waals surface area contributed by atoms with Crippen molar-refractivity contribution in [2.45, 2.75) is 117 Å². The number of rotatable bonds is 17. The molecule has 2 nitrogen and oxygen atoms in total. The number of hydrogen-bond acceptors (Lipinski definition) is 2. The van der Waals surface area contributed by atoms with Crippen molar-refractivity contribution in [3.8, 4) is 0 Å². The van der Waals surface area contributed by atoms with E-state index in [1.54, 1.807) is 6.08 Å². The smallest absolute Gasteiger partial charge is 0.330 e. The van der Waals surface area contributed by atoms with Crippen molar-refractivity contribution in [1.29, 1.82) is 0 Å². The van der Waals surface area contributed by atoms with E-state index in [4.69, 9.17) is 4.74 Å². The Kier molecular flexibility index (Phi) is 18.5. The number of esters is 1. The number of carbonyl (C=O) groups is 1. The highest BCUT2D eigenvalue weighted by molar-refractivity contribution is 5.82. The third-order valence-electron chi connectivity index (χ3n) is 4.31. The van der Waals surface area contributed by atoms with Gasteiger partial charge in [0.05, 0.1) is 6.10 Å². The summed E-state index contributed by atoms with van der Waals surface area (Å²) < 4.78 is 5.02. The van der Waals surface area contributed by atoms with Gasteiger partial charge in [0, 0.05) is 6.08 Å².